The second-order valence-electron chi connectivity index (χ2n) is 1.06. The third-order valence-electron chi connectivity index (χ3n) is 0.354. The van der Waals surface area contributed by atoms with E-state index in [2.05, 4.69) is 5.32 Å². The third-order valence-corrected chi connectivity index (χ3v) is 0.866. The summed E-state index contributed by atoms with van der Waals surface area (Å²) >= 11 is 10.3. The number of nitrogens with zero attached hydrogens (tertiary/aromatic N) is 1. The van der Waals surface area contributed by atoms with Crippen molar-refractivity contribution in [2.24, 2.45) is 0 Å². The predicted octanol–water partition coefficient (Wildman–Crippen LogP) is 1.41. The minimum atomic E-state index is -0.355. The number of amides is 1. The number of hydrogen-bond acceptors (Lipinski definition) is 1. The zero-order valence-electron chi connectivity index (χ0n) is 4.19. The predicted molar refractivity (Wildman–Crippen MR) is 32.6 cm³/mol. The number of carbonyl (C=O) groups excluding carboxylic acids is 1. The maximum Gasteiger partial charge on any atom is 0.243 e. The van der Waals surface area contributed by atoms with E-state index in [4.69, 9.17) is 23.2 Å². The van der Waals surface area contributed by atoms with E-state index in [1.54, 1.807) is 0 Å². The molecule has 0 bridgehead atoms. The summed E-state index contributed by atoms with van der Waals surface area (Å²) in [5.74, 6) is -0.355. The fraction of sp³-hybridized carbons (Fsp3) is 0.250. The molecule has 0 saturated carbocycles. The Hall–Kier alpha value is -0.210. The highest BCUT2D eigenvalue weighted by atomic mass is 35.5. The maximum atomic E-state index is 10.1. The second-order valence-corrected chi connectivity index (χ2v) is 1.67. The van der Waals surface area contributed by atoms with E-state index in [0.717, 1.165) is 5.54 Å². The number of halogens is 2. The van der Waals surface area contributed by atoms with Crippen molar-refractivity contribution in [1.82, 2.24) is 5.32 Å². The molecule has 2 nitrogen and oxygen atoms in total. The second kappa shape index (κ2) is 3.75. The molecule has 0 aromatic rings. The van der Waals surface area contributed by atoms with Gasteiger partial charge in [-0.15, -0.1) is 0 Å². The molecule has 0 aliphatic heterocycles. The van der Waals surface area contributed by atoms with Crippen LogP contribution in [0.15, 0.2) is 10.7 Å². The molecule has 45 valence electrons. The lowest BCUT2D eigenvalue weighted by Gasteiger charge is -1.88. The molecule has 0 spiro atoms. The van der Waals surface area contributed by atoms with Crippen LogP contribution in [-0.4, -0.2) is 5.91 Å². The smallest absolute Gasteiger partial charge is 0.243 e. The Kier molecular flexibility index (Phi) is 3.65. The topological polar surface area (TPSA) is 31.2 Å². The van der Waals surface area contributed by atoms with Crippen LogP contribution in [0.2, 0.25) is 0 Å². The van der Waals surface area contributed by atoms with Gasteiger partial charge in [0.2, 0.25) is 5.91 Å². The SMILES string of the molecule is CC(=O)[N]C(Cl)=CCl. The van der Waals surface area contributed by atoms with Crippen molar-refractivity contribution in [3.05, 3.63) is 10.7 Å². The lowest BCUT2D eigenvalue weighted by molar-refractivity contribution is -0.118. The minimum absolute atomic E-state index is 0.0131. The average Bonchev–Trinajstić information content (AvgIpc) is 1.65. The highest BCUT2D eigenvalue weighted by molar-refractivity contribution is 6.36. The van der Waals surface area contributed by atoms with Gasteiger partial charge in [0.25, 0.3) is 0 Å². The molecule has 0 aromatic heterocycles. The van der Waals surface area contributed by atoms with Gasteiger partial charge >= 0.3 is 0 Å². The summed E-state index contributed by atoms with van der Waals surface area (Å²) < 4.78 is 0. The highest BCUT2D eigenvalue weighted by Crippen LogP contribution is 1.98. The largest absolute Gasteiger partial charge is 0.273 e. The number of hydrogen-bond donors (Lipinski definition) is 0. The lowest BCUT2D eigenvalue weighted by Crippen LogP contribution is -2.06. The zero-order valence-corrected chi connectivity index (χ0v) is 5.70. The summed E-state index contributed by atoms with van der Waals surface area (Å²) in [6.07, 6.45) is 0. The van der Waals surface area contributed by atoms with Crippen LogP contribution in [-0.2, 0) is 4.79 Å². The molecule has 1 amide bonds. The van der Waals surface area contributed by atoms with Gasteiger partial charge in [-0.25, -0.2) is 5.32 Å². The zero-order chi connectivity index (χ0) is 6.57. The third kappa shape index (κ3) is 3.96. The molecule has 0 heterocycles. The first kappa shape index (κ1) is 7.79. The lowest BCUT2D eigenvalue weighted by atomic mass is 10.7. The van der Waals surface area contributed by atoms with Crippen LogP contribution < -0.4 is 5.32 Å². The maximum absolute atomic E-state index is 10.1. The Balaban J connectivity index is 3.56. The van der Waals surface area contributed by atoms with Crippen LogP contribution in [0, 0.1) is 0 Å². The van der Waals surface area contributed by atoms with E-state index >= 15 is 0 Å². The summed E-state index contributed by atoms with van der Waals surface area (Å²) in [6.45, 7) is 1.29. The van der Waals surface area contributed by atoms with Crippen LogP contribution in [0.3, 0.4) is 0 Å². The highest BCUT2D eigenvalue weighted by Gasteiger charge is 1.94. The van der Waals surface area contributed by atoms with Gasteiger partial charge in [-0.2, -0.15) is 0 Å². The molecule has 8 heavy (non-hydrogen) atoms. The Morgan fingerprint density at radius 2 is 2.25 bits per heavy atom. The van der Waals surface area contributed by atoms with Crippen LogP contribution in [0.5, 0.6) is 0 Å². The van der Waals surface area contributed by atoms with E-state index in [9.17, 15) is 4.79 Å². The van der Waals surface area contributed by atoms with Gasteiger partial charge in [-0.3, -0.25) is 4.79 Å². The van der Waals surface area contributed by atoms with Gasteiger partial charge < -0.3 is 0 Å². The van der Waals surface area contributed by atoms with Crippen LogP contribution in [0.4, 0.5) is 0 Å². The summed E-state index contributed by atoms with van der Waals surface area (Å²) in [7, 11) is 0. The molecule has 0 rings (SSSR count). The molecular formula is C4H4Cl2NO. The van der Waals surface area contributed by atoms with E-state index in [0.29, 0.717) is 0 Å². The monoisotopic (exact) mass is 152 g/mol. The van der Waals surface area contributed by atoms with Crippen molar-refractivity contribution in [2.45, 2.75) is 6.92 Å². The molecular weight excluding hydrogens is 149 g/mol. The molecule has 0 atom stereocenters. The van der Waals surface area contributed by atoms with Crippen molar-refractivity contribution >= 4 is 29.1 Å². The van der Waals surface area contributed by atoms with Crippen LogP contribution >= 0.6 is 23.2 Å². The number of rotatable bonds is 1. The quantitative estimate of drug-likeness (QED) is 0.524. The van der Waals surface area contributed by atoms with Crippen LogP contribution in [0.25, 0.3) is 0 Å². The molecule has 0 aromatic carbocycles. The molecule has 4 heteroatoms. The molecule has 1 radical (unpaired) electrons. The molecule has 0 aliphatic rings. The Morgan fingerprint density at radius 3 is 2.38 bits per heavy atom. The van der Waals surface area contributed by atoms with Crippen molar-refractivity contribution in [1.29, 1.82) is 0 Å². The number of carbonyl (C=O) groups is 1. The van der Waals surface area contributed by atoms with Crippen LogP contribution in [0.1, 0.15) is 6.92 Å². The average molecular weight is 153 g/mol. The Morgan fingerprint density at radius 1 is 1.75 bits per heavy atom. The summed E-state index contributed by atoms with van der Waals surface area (Å²) in [4.78, 5) is 10.1. The van der Waals surface area contributed by atoms with Gasteiger partial charge in [0.15, 0.2) is 0 Å². The normalized spacial score (nSPS) is 11.1. The van der Waals surface area contributed by atoms with Gasteiger partial charge in [-0.05, 0) is 0 Å². The molecule has 0 aliphatic carbocycles. The van der Waals surface area contributed by atoms with E-state index in [1.165, 1.54) is 6.92 Å². The Labute approximate surface area is 57.5 Å². The molecule has 0 saturated heterocycles. The first-order valence-electron chi connectivity index (χ1n) is 1.85. The Bertz CT molecular complexity index is 121. The molecule has 0 fully saturated rings. The van der Waals surface area contributed by atoms with E-state index in [1.807, 2.05) is 0 Å². The molecule has 0 N–H and O–H groups in total. The van der Waals surface area contributed by atoms with Gasteiger partial charge in [0.05, 0.1) is 0 Å². The summed E-state index contributed by atoms with van der Waals surface area (Å²) in [6, 6.07) is 0. The first-order chi connectivity index (χ1) is 3.66. The minimum Gasteiger partial charge on any atom is -0.273 e. The van der Waals surface area contributed by atoms with E-state index < -0.39 is 0 Å². The van der Waals surface area contributed by atoms with Gasteiger partial charge in [0.1, 0.15) is 5.16 Å². The van der Waals surface area contributed by atoms with Gasteiger partial charge in [0, 0.05) is 12.5 Å². The standard InChI is InChI=1S/C4H4Cl2NO/c1-3(8)7-4(6)2-5/h2H,1H3. The van der Waals surface area contributed by atoms with Crippen molar-refractivity contribution in [3.8, 4) is 0 Å². The van der Waals surface area contributed by atoms with E-state index in [-0.39, 0.29) is 11.1 Å². The van der Waals surface area contributed by atoms with Crippen molar-refractivity contribution in [3.63, 3.8) is 0 Å². The first-order valence-corrected chi connectivity index (χ1v) is 2.66. The molecule has 0 unspecified atom stereocenters. The fourth-order valence-electron chi connectivity index (χ4n) is 0.175. The van der Waals surface area contributed by atoms with Crippen molar-refractivity contribution in [2.75, 3.05) is 0 Å². The van der Waals surface area contributed by atoms with Gasteiger partial charge in [-0.1, -0.05) is 23.2 Å². The summed E-state index contributed by atoms with van der Waals surface area (Å²) in [5.41, 5.74) is 1.03. The summed E-state index contributed by atoms with van der Waals surface area (Å²) in [5, 5.41) is 3.26. The van der Waals surface area contributed by atoms with Crippen molar-refractivity contribution < 1.29 is 4.79 Å². The fourth-order valence-corrected chi connectivity index (χ4v) is 0.343.